The maximum absolute atomic E-state index is 5.40. The number of benzene rings is 1. The molecule has 0 bridgehead atoms. The van der Waals surface area contributed by atoms with Gasteiger partial charge in [0.1, 0.15) is 0 Å². The van der Waals surface area contributed by atoms with E-state index in [1.165, 1.54) is 11.0 Å². The summed E-state index contributed by atoms with van der Waals surface area (Å²) in [4.78, 5) is 4.21. The van der Waals surface area contributed by atoms with E-state index in [0.717, 1.165) is 12.0 Å². The standard InChI is InChI=1S/C10H14BN4/c1-14-6-2-3-8-7(4-6)9(5-11-8)15-10(12)13/h2-4,9,14H,5H2,1H3,(H4,12,13,15). The molecule has 1 radical (unpaired) electrons. The van der Waals surface area contributed by atoms with Crippen LogP contribution in [0.5, 0.6) is 0 Å². The van der Waals surface area contributed by atoms with Gasteiger partial charge in [-0.3, -0.25) is 0 Å². The Hall–Kier alpha value is -1.65. The van der Waals surface area contributed by atoms with Crippen molar-refractivity contribution in [1.82, 2.24) is 0 Å². The van der Waals surface area contributed by atoms with Crippen molar-refractivity contribution in [3.63, 3.8) is 0 Å². The van der Waals surface area contributed by atoms with Gasteiger partial charge in [-0.1, -0.05) is 11.5 Å². The summed E-state index contributed by atoms with van der Waals surface area (Å²) in [5.41, 5.74) is 14.3. The summed E-state index contributed by atoms with van der Waals surface area (Å²) in [6, 6.07) is 6.31. The molecular weight excluding hydrogens is 187 g/mol. The Morgan fingerprint density at radius 1 is 1.53 bits per heavy atom. The van der Waals surface area contributed by atoms with E-state index in [1.54, 1.807) is 0 Å². The molecule has 0 spiro atoms. The van der Waals surface area contributed by atoms with Crippen molar-refractivity contribution in [2.45, 2.75) is 12.4 Å². The minimum absolute atomic E-state index is 0.0818. The molecule has 15 heavy (non-hydrogen) atoms. The topological polar surface area (TPSA) is 76.4 Å². The molecule has 1 aliphatic rings. The van der Waals surface area contributed by atoms with Crippen molar-refractivity contribution in [3.05, 3.63) is 23.8 Å². The first-order chi connectivity index (χ1) is 7.20. The Kier molecular flexibility index (Phi) is 2.54. The highest BCUT2D eigenvalue weighted by molar-refractivity contribution is 6.56. The molecule has 5 N–H and O–H groups in total. The fraction of sp³-hybridized carbons (Fsp3) is 0.300. The SMILES string of the molecule is CNc1ccc2c(c1)C(N=C(N)N)C[B]2. The summed E-state index contributed by atoms with van der Waals surface area (Å²) in [6.07, 6.45) is 0.875. The van der Waals surface area contributed by atoms with Gasteiger partial charge in [0.25, 0.3) is 0 Å². The van der Waals surface area contributed by atoms with Crippen molar-refractivity contribution >= 4 is 24.4 Å². The zero-order valence-electron chi connectivity index (χ0n) is 8.70. The van der Waals surface area contributed by atoms with Crippen molar-refractivity contribution < 1.29 is 0 Å². The third-order valence-corrected chi connectivity index (χ3v) is 2.60. The van der Waals surface area contributed by atoms with E-state index in [2.05, 4.69) is 29.7 Å². The second-order valence-corrected chi connectivity index (χ2v) is 3.60. The molecule has 77 valence electrons. The first-order valence-electron chi connectivity index (χ1n) is 4.94. The van der Waals surface area contributed by atoms with Crippen LogP contribution >= 0.6 is 0 Å². The maximum Gasteiger partial charge on any atom is 0.186 e. The van der Waals surface area contributed by atoms with Gasteiger partial charge in [-0.15, -0.1) is 0 Å². The highest BCUT2D eigenvalue weighted by Gasteiger charge is 2.22. The molecule has 1 unspecified atom stereocenters. The third-order valence-electron chi connectivity index (χ3n) is 2.60. The van der Waals surface area contributed by atoms with Crippen LogP contribution < -0.4 is 22.2 Å². The normalized spacial score (nSPS) is 17.8. The summed E-state index contributed by atoms with van der Waals surface area (Å²) in [5.74, 6) is 0.149. The van der Waals surface area contributed by atoms with Gasteiger partial charge >= 0.3 is 0 Å². The molecule has 0 amide bonds. The lowest BCUT2D eigenvalue weighted by molar-refractivity contribution is 0.832. The number of aliphatic imine (C=N–C) groups is 1. The van der Waals surface area contributed by atoms with Crippen LogP contribution in [-0.2, 0) is 0 Å². The lowest BCUT2D eigenvalue weighted by atomic mass is 9.72. The molecule has 1 aromatic rings. The zero-order chi connectivity index (χ0) is 10.8. The molecule has 5 heteroatoms. The van der Waals surface area contributed by atoms with Gasteiger partial charge in [-0.05, 0) is 24.0 Å². The number of guanidine groups is 1. The molecule has 1 atom stereocenters. The van der Waals surface area contributed by atoms with Gasteiger partial charge in [0.15, 0.2) is 13.2 Å². The van der Waals surface area contributed by atoms with Crippen LogP contribution in [0, 0.1) is 0 Å². The molecule has 0 fully saturated rings. The molecule has 1 heterocycles. The number of anilines is 1. The van der Waals surface area contributed by atoms with E-state index in [-0.39, 0.29) is 12.0 Å². The van der Waals surface area contributed by atoms with Gasteiger partial charge in [0, 0.05) is 12.7 Å². The number of nitrogens with zero attached hydrogens (tertiary/aromatic N) is 1. The van der Waals surface area contributed by atoms with Crippen LogP contribution in [0.4, 0.5) is 5.69 Å². The first kappa shape index (κ1) is 9.89. The second kappa shape index (κ2) is 3.84. The summed E-state index contributed by atoms with van der Waals surface area (Å²) in [5, 5.41) is 3.11. The monoisotopic (exact) mass is 201 g/mol. The van der Waals surface area contributed by atoms with E-state index in [1.807, 2.05) is 13.1 Å². The highest BCUT2D eigenvalue weighted by Crippen LogP contribution is 2.27. The van der Waals surface area contributed by atoms with E-state index in [4.69, 9.17) is 11.5 Å². The number of hydrogen-bond donors (Lipinski definition) is 3. The zero-order valence-corrected chi connectivity index (χ0v) is 8.70. The van der Waals surface area contributed by atoms with Crippen LogP contribution in [0.25, 0.3) is 0 Å². The predicted octanol–water partition coefficient (Wildman–Crippen LogP) is -0.196. The van der Waals surface area contributed by atoms with E-state index in [9.17, 15) is 0 Å². The molecule has 2 rings (SSSR count). The molecule has 0 aromatic heterocycles. The van der Waals surface area contributed by atoms with Crippen molar-refractivity contribution in [1.29, 1.82) is 0 Å². The summed E-state index contributed by atoms with van der Waals surface area (Å²) < 4.78 is 0. The van der Waals surface area contributed by atoms with Gasteiger partial charge in [0.05, 0.1) is 6.04 Å². The smallest absolute Gasteiger partial charge is 0.186 e. The highest BCUT2D eigenvalue weighted by atomic mass is 15.0. The quantitative estimate of drug-likeness (QED) is 0.352. The van der Waals surface area contributed by atoms with Crippen LogP contribution in [0.2, 0.25) is 6.32 Å². The number of fused-ring (bicyclic) bond motifs is 1. The molecule has 1 aliphatic heterocycles. The molecule has 4 nitrogen and oxygen atoms in total. The largest absolute Gasteiger partial charge is 0.388 e. The van der Waals surface area contributed by atoms with Crippen molar-refractivity contribution in [2.24, 2.45) is 16.5 Å². The molecule has 0 saturated carbocycles. The van der Waals surface area contributed by atoms with Crippen LogP contribution in [0.15, 0.2) is 23.2 Å². The lowest BCUT2D eigenvalue weighted by Crippen LogP contribution is -2.23. The third kappa shape index (κ3) is 1.91. The average Bonchev–Trinajstić information content (AvgIpc) is 2.60. The van der Waals surface area contributed by atoms with E-state index in [0.29, 0.717) is 0 Å². The molecule has 1 aromatic carbocycles. The van der Waals surface area contributed by atoms with Crippen LogP contribution in [0.3, 0.4) is 0 Å². The average molecular weight is 201 g/mol. The van der Waals surface area contributed by atoms with Crippen molar-refractivity contribution in [2.75, 3.05) is 12.4 Å². The summed E-state index contributed by atoms with van der Waals surface area (Å²) in [6.45, 7) is 0. The maximum atomic E-state index is 5.40. The van der Waals surface area contributed by atoms with Crippen molar-refractivity contribution in [3.8, 4) is 0 Å². The van der Waals surface area contributed by atoms with E-state index < -0.39 is 0 Å². The summed E-state index contributed by atoms with van der Waals surface area (Å²) >= 11 is 0. The van der Waals surface area contributed by atoms with Crippen LogP contribution in [-0.4, -0.2) is 20.3 Å². The Labute approximate surface area is 90.0 Å². The fourth-order valence-corrected chi connectivity index (χ4v) is 1.87. The predicted molar refractivity (Wildman–Crippen MR) is 64.7 cm³/mol. The fourth-order valence-electron chi connectivity index (χ4n) is 1.87. The number of nitrogens with two attached hydrogens (primary N) is 2. The number of nitrogens with one attached hydrogen (secondary N) is 1. The molecular formula is C10H14BN4. The van der Waals surface area contributed by atoms with Gasteiger partial charge in [-0.2, -0.15) is 0 Å². The summed E-state index contributed by atoms with van der Waals surface area (Å²) in [7, 11) is 4.06. The van der Waals surface area contributed by atoms with Gasteiger partial charge in [0.2, 0.25) is 0 Å². The minimum Gasteiger partial charge on any atom is -0.388 e. The Balaban J connectivity index is 2.36. The van der Waals surface area contributed by atoms with Gasteiger partial charge < -0.3 is 16.8 Å². The lowest BCUT2D eigenvalue weighted by Gasteiger charge is -2.09. The van der Waals surface area contributed by atoms with E-state index >= 15 is 0 Å². The minimum atomic E-state index is 0.0818. The first-order valence-corrected chi connectivity index (χ1v) is 4.94. The second-order valence-electron chi connectivity index (χ2n) is 3.60. The van der Waals surface area contributed by atoms with Crippen LogP contribution in [0.1, 0.15) is 11.6 Å². The Morgan fingerprint density at radius 2 is 2.33 bits per heavy atom. The van der Waals surface area contributed by atoms with Gasteiger partial charge in [-0.25, -0.2) is 4.99 Å². The number of rotatable bonds is 2. The molecule has 0 aliphatic carbocycles. The Bertz CT molecular complexity index is 398. The molecule has 0 saturated heterocycles. The Morgan fingerprint density at radius 3 is 3.00 bits per heavy atom. The number of hydrogen-bond acceptors (Lipinski definition) is 2.